The Bertz CT molecular complexity index is 893. The largest absolute Gasteiger partial charge is 0.340 e. The third kappa shape index (κ3) is 5.88. The van der Waals surface area contributed by atoms with Gasteiger partial charge in [-0.3, -0.25) is 4.79 Å². The van der Waals surface area contributed by atoms with E-state index >= 15 is 0 Å². The minimum atomic E-state index is -3.66. The minimum absolute atomic E-state index is 0.00955. The van der Waals surface area contributed by atoms with Gasteiger partial charge in [0.15, 0.2) is 0 Å². The van der Waals surface area contributed by atoms with E-state index in [0.717, 1.165) is 24.2 Å². The predicted octanol–water partition coefficient (Wildman–Crippen LogP) is 2.05. The van der Waals surface area contributed by atoms with E-state index in [1.807, 2.05) is 42.2 Å². The van der Waals surface area contributed by atoms with Crippen molar-refractivity contribution < 1.29 is 13.2 Å². The van der Waals surface area contributed by atoms with E-state index < -0.39 is 10.0 Å². The number of rotatable bonds is 8. The summed E-state index contributed by atoms with van der Waals surface area (Å²) in [4.78, 5) is 14.6. The van der Waals surface area contributed by atoms with Gasteiger partial charge in [-0.05, 0) is 31.0 Å². The van der Waals surface area contributed by atoms with Gasteiger partial charge in [-0.25, -0.2) is 8.42 Å². The Morgan fingerprint density at radius 2 is 1.66 bits per heavy atom. The second kappa shape index (κ2) is 10.0. The highest BCUT2D eigenvalue weighted by Gasteiger charge is 2.26. The fraction of sp³-hybridized carbons (Fsp3) is 0.409. The van der Waals surface area contributed by atoms with Crippen molar-refractivity contribution in [3.63, 3.8) is 0 Å². The Balaban J connectivity index is 1.73. The molecule has 1 amide bonds. The molecule has 0 saturated carbocycles. The number of piperazine rings is 1. The van der Waals surface area contributed by atoms with Crippen molar-refractivity contribution in [1.82, 2.24) is 14.5 Å². The smallest absolute Gasteiger partial charge is 0.243 e. The van der Waals surface area contributed by atoms with E-state index in [9.17, 15) is 13.2 Å². The van der Waals surface area contributed by atoms with Crippen LogP contribution in [0.15, 0.2) is 59.5 Å². The zero-order valence-electron chi connectivity index (χ0n) is 16.9. The Hall–Kier alpha value is -2.22. The fourth-order valence-corrected chi connectivity index (χ4v) is 4.84. The maximum Gasteiger partial charge on any atom is 0.243 e. The third-order valence-corrected chi connectivity index (χ3v) is 7.11. The summed E-state index contributed by atoms with van der Waals surface area (Å²) in [6.07, 6.45) is 0.799. The molecule has 156 valence electrons. The molecule has 1 N–H and O–H groups in total. The van der Waals surface area contributed by atoms with Gasteiger partial charge in [0.25, 0.3) is 0 Å². The average Bonchev–Trinajstić information content (AvgIpc) is 2.75. The van der Waals surface area contributed by atoms with Gasteiger partial charge in [-0.2, -0.15) is 4.31 Å². The molecule has 0 bridgehead atoms. The highest BCUT2D eigenvalue weighted by atomic mass is 32.2. The van der Waals surface area contributed by atoms with Crippen LogP contribution in [-0.2, 0) is 21.2 Å². The normalized spacial score (nSPS) is 14.9. The molecule has 0 atom stereocenters. The van der Waals surface area contributed by atoms with Crippen LogP contribution in [0.3, 0.4) is 0 Å². The number of benzene rings is 2. The maximum absolute atomic E-state index is 13.2. The molecule has 1 heterocycles. The summed E-state index contributed by atoms with van der Waals surface area (Å²) < 4.78 is 27.9. The van der Waals surface area contributed by atoms with E-state index in [4.69, 9.17) is 0 Å². The van der Waals surface area contributed by atoms with E-state index in [0.29, 0.717) is 26.1 Å². The van der Waals surface area contributed by atoms with Crippen LogP contribution in [0.4, 0.5) is 0 Å². The van der Waals surface area contributed by atoms with Gasteiger partial charge in [-0.1, -0.05) is 48.0 Å². The number of amides is 1. The Morgan fingerprint density at radius 3 is 2.31 bits per heavy atom. The van der Waals surface area contributed by atoms with Gasteiger partial charge >= 0.3 is 0 Å². The van der Waals surface area contributed by atoms with Crippen LogP contribution in [0.5, 0.6) is 0 Å². The van der Waals surface area contributed by atoms with E-state index in [1.165, 1.54) is 4.31 Å². The van der Waals surface area contributed by atoms with Gasteiger partial charge < -0.3 is 10.2 Å². The average molecular weight is 416 g/mol. The molecule has 0 spiro atoms. The zero-order chi connectivity index (χ0) is 20.7. The molecule has 0 unspecified atom stereocenters. The molecule has 1 fully saturated rings. The number of nitrogens with one attached hydrogen (secondary N) is 1. The van der Waals surface area contributed by atoms with E-state index in [2.05, 4.69) is 5.32 Å². The first-order valence-electron chi connectivity index (χ1n) is 10.1. The molecule has 0 aliphatic carbocycles. The number of carbonyl (C=O) groups is 1. The van der Waals surface area contributed by atoms with E-state index in [1.54, 1.807) is 24.3 Å². The molecule has 1 aliphatic heterocycles. The number of nitrogens with zero attached hydrogens (tertiary/aromatic N) is 2. The molecule has 29 heavy (non-hydrogen) atoms. The summed E-state index contributed by atoms with van der Waals surface area (Å²) >= 11 is 0. The number of sulfonamides is 1. The van der Waals surface area contributed by atoms with Gasteiger partial charge in [0.05, 0.1) is 4.90 Å². The van der Waals surface area contributed by atoms with Gasteiger partial charge in [-0.15, -0.1) is 0 Å². The lowest BCUT2D eigenvalue weighted by Crippen LogP contribution is -2.47. The predicted molar refractivity (Wildman–Crippen MR) is 114 cm³/mol. The molecule has 0 aromatic heterocycles. The maximum atomic E-state index is 13.2. The summed E-state index contributed by atoms with van der Waals surface area (Å²) in [6, 6.07) is 16.7. The number of aryl methyl sites for hydroxylation is 1. The summed E-state index contributed by atoms with van der Waals surface area (Å²) in [5.41, 5.74) is 2.08. The molecule has 2 aromatic carbocycles. The van der Waals surface area contributed by atoms with Gasteiger partial charge in [0, 0.05) is 45.7 Å². The van der Waals surface area contributed by atoms with Crippen molar-refractivity contribution in [1.29, 1.82) is 0 Å². The molecule has 6 nitrogen and oxygen atoms in total. The monoisotopic (exact) mass is 415 g/mol. The first-order valence-corrected chi connectivity index (χ1v) is 11.5. The standard InChI is InChI=1S/C22H29N3O3S/c1-19-7-9-21(10-8-19)29(27,28)25(15-11-20-5-3-2-4-6-20)16-12-22(26)24-17-13-23-14-18-24/h2-10,23H,11-18H2,1H3. The van der Waals surface area contributed by atoms with Crippen LogP contribution in [0.25, 0.3) is 0 Å². The lowest BCUT2D eigenvalue weighted by atomic mass is 10.1. The first-order chi connectivity index (χ1) is 14.0. The van der Waals surface area contributed by atoms with Crippen LogP contribution >= 0.6 is 0 Å². The molecule has 3 rings (SSSR count). The van der Waals surface area contributed by atoms with Crippen molar-refractivity contribution in [3.05, 3.63) is 65.7 Å². The lowest BCUT2D eigenvalue weighted by Gasteiger charge is -2.29. The zero-order valence-corrected chi connectivity index (χ0v) is 17.7. The van der Waals surface area contributed by atoms with Crippen molar-refractivity contribution >= 4 is 15.9 Å². The second-order valence-corrected chi connectivity index (χ2v) is 9.27. The van der Waals surface area contributed by atoms with E-state index in [-0.39, 0.29) is 23.8 Å². The molecule has 2 aromatic rings. The molecular weight excluding hydrogens is 386 g/mol. The number of hydrogen-bond acceptors (Lipinski definition) is 4. The van der Waals surface area contributed by atoms with Gasteiger partial charge in [0.1, 0.15) is 0 Å². The molecule has 0 radical (unpaired) electrons. The van der Waals surface area contributed by atoms with Crippen molar-refractivity contribution in [2.45, 2.75) is 24.7 Å². The van der Waals surface area contributed by atoms with Crippen LogP contribution in [-0.4, -0.2) is 62.8 Å². The van der Waals surface area contributed by atoms with Crippen LogP contribution in [0.1, 0.15) is 17.5 Å². The fourth-order valence-electron chi connectivity index (χ4n) is 3.40. The van der Waals surface area contributed by atoms with Gasteiger partial charge in [0.2, 0.25) is 15.9 Å². The Labute approximate surface area is 173 Å². The van der Waals surface area contributed by atoms with Crippen LogP contribution in [0.2, 0.25) is 0 Å². The molecule has 1 saturated heterocycles. The summed E-state index contributed by atoms with van der Waals surface area (Å²) in [7, 11) is -3.66. The summed E-state index contributed by atoms with van der Waals surface area (Å²) in [6.45, 7) is 5.37. The SMILES string of the molecule is Cc1ccc(S(=O)(=O)N(CCC(=O)N2CCNCC2)CCc2ccccc2)cc1. The Morgan fingerprint density at radius 1 is 1.00 bits per heavy atom. The molecular formula is C22H29N3O3S. The van der Waals surface area contributed by atoms with Crippen molar-refractivity contribution in [3.8, 4) is 0 Å². The van der Waals surface area contributed by atoms with Crippen LogP contribution in [0, 0.1) is 6.92 Å². The minimum Gasteiger partial charge on any atom is -0.340 e. The Kier molecular flexibility index (Phi) is 7.41. The number of carbonyl (C=O) groups excluding carboxylic acids is 1. The summed E-state index contributed by atoms with van der Waals surface area (Å²) in [5, 5.41) is 3.22. The highest BCUT2D eigenvalue weighted by Crippen LogP contribution is 2.18. The third-order valence-electron chi connectivity index (χ3n) is 5.20. The molecule has 7 heteroatoms. The quantitative estimate of drug-likeness (QED) is 0.716. The topological polar surface area (TPSA) is 69.7 Å². The second-order valence-electron chi connectivity index (χ2n) is 7.33. The first kappa shape index (κ1) is 21.5. The lowest BCUT2D eigenvalue weighted by molar-refractivity contribution is -0.131. The van der Waals surface area contributed by atoms with Crippen molar-refractivity contribution in [2.75, 3.05) is 39.3 Å². The molecule has 1 aliphatic rings. The van der Waals surface area contributed by atoms with Crippen LogP contribution < -0.4 is 5.32 Å². The van der Waals surface area contributed by atoms with Crippen molar-refractivity contribution in [2.24, 2.45) is 0 Å². The summed E-state index contributed by atoms with van der Waals surface area (Å²) in [5.74, 6) is 0.00955. The highest BCUT2D eigenvalue weighted by molar-refractivity contribution is 7.89. The number of hydrogen-bond donors (Lipinski definition) is 1.